The lowest BCUT2D eigenvalue weighted by atomic mass is 10.1. The van der Waals surface area contributed by atoms with Crippen LogP contribution < -0.4 is 5.32 Å². The minimum atomic E-state index is -1.30. The number of amides is 1. The Morgan fingerprint density at radius 2 is 1.75 bits per heavy atom. The van der Waals surface area contributed by atoms with E-state index >= 15 is 0 Å². The van der Waals surface area contributed by atoms with Gasteiger partial charge >= 0.3 is 5.97 Å². The maximum absolute atomic E-state index is 11.9. The second kappa shape index (κ2) is 11.2. The third-order valence-corrected chi connectivity index (χ3v) is 4.09. The first kappa shape index (κ1) is 22.6. The Morgan fingerprint density at radius 3 is 2.21 bits per heavy atom. The molecule has 3 atom stereocenters. The maximum Gasteiger partial charge on any atom is 0.374 e. The van der Waals surface area contributed by atoms with Crippen LogP contribution in [-0.2, 0) is 28.7 Å². The molecular weight excluding hydrogens is 338 g/mol. The standard InChI is InChI=1S/C15H25NO7S/c1-6-23-15(21)12(16-13(19)8(2)3)9(4)24-11(18)7-10(17)14(20)22-5/h8-9,12,15,21H,6-7H2,1-5H3,(H,16,19). The number of ether oxygens (including phenoxy) is 2. The van der Waals surface area contributed by atoms with E-state index < -0.39 is 40.9 Å². The fraction of sp³-hybridized carbons (Fsp3) is 0.733. The summed E-state index contributed by atoms with van der Waals surface area (Å²) in [6.45, 7) is 6.90. The van der Waals surface area contributed by atoms with E-state index in [0.29, 0.717) is 0 Å². The Labute approximate surface area is 145 Å². The summed E-state index contributed by atoms with van der Waals surface area (Å²) in [5.74, 6) is -2.65. The second-order valence-electron chi connectivity index (χ2n) is 5.32. The molecule has 0 fully saturated rings. The average molecular weight is 363 g/mol. The Hall–Kier alpha value is -1.45. The van der Waals surface area contributed by atoms with Crippen LogP contribution in [0.5, 0.6) is 0 Å². The van der Waals surface area contributed by atoms with Gasteiger partial charge in [0.25, 0.3) is 0 Å². The van der Waals surface area contributed by atoms with E-state index in [1.807, 2.05) is 0 Å². The smallest absolute Gasteiger partial charge is 0.374 e. The first-order valence-electron chi connectivity index (χ1n) is 7.54. The summed E-state index contributed by atoms with van der Waals surface area (Å²) < 4.78 is 9.35. The number of ketones is 1. The van der Waals surface area contributed by atoms with Gasteiger partial charge in [0, 0.05) is 17.8 Å². The van der Waals surface area contributed by atoms with Crippen LogP contribution in [0.3, 0.4) is 0 Å². The molecule has 0 aromatic heterocycles. The van der Waals surface area contributed by atoms with Gasteiger partial charge in [0.2, 0.25) is 11.7 Å². The van der Waals surface area contributed by atoms with Crippen LogP contribution in [0.25, 0.3) is 0 Å². The lowest BCUT2D eigenvalue weighted by Gasteiger charge is -2.29. The molecular formula is C15H25NO7S. The number of Topliss-reactive ketones (excluding diaryl/α,β-unsaturated/α-hetero) is 1. The zero-order valence-electron chi connectivity index (χ0n) is 14.5. The van der Waals surface area contributed by atoms with Crippen molar-refractivity contribution in [3.63, 3.8) is 0 Å². The van der Waals surface area contributed by atoms with Crippen molar-refractivity contribution in [3.05, 3.63) is 0 Å². The summed E-state index contributed by atoms with van der Waals surface area (Å²) >= 11 is 0.750. The van der Waals surface area contributed by atoms with Gasteiger partial charge in [-0.3, -0.25) is 14.4 Å². The molecule has 3 unspecified atom stereocenters. The van der Waals surface area contributed by atoms with Crippen molar-refractivity contribution in [1.29, 1.82) is 0 Å². The summed E-state index contributed by atoms with van der Waals surface area (Å²) in [4.78, 5) is 46.2. The molecule has 138 valence electrons. The van der Waals surface area contributed by atoms with Gasteiger partial charge < -0.3 is 19.9 Å². The van der Waals surface area contributed by atoms with Crippen molar-refractivity contribution in [1.82, 2.24) is 5.32 Å². The SMILES string of the molecule is CCOC(O)C(NC(=O)C(C)C)C(C)SC(=O)CC(=O)C(=O)OC. The Morgan fingerprint density at radius 1 is 1.17 bits per heavy atom. The lowest BCUT2D eigenvalue weighted by molar-refractivity contribution is -0.152. The molecule has 0 aliphatic rings. The van der Waals surface area contributed by atoms with Gasteiger partial charge in [-0.05, 0) is 6.92 Å². The van der Waals surface area contributed by atoms with Gasteiger partial charge in [-0.15, -0.1) is 0 Å². The fourth-order valence-corrected chi connectivity index (χ4v) is 2.64. The van der Waals surface area contributed by atoms with Crippen molar-refractivity contribution in [3.8, 4) is 0 Å². The van der Waals surface area contributed by atoms with E-state index in [-0.39, 0.29) is 18.4 Å². The van der Waals surface area contributed by atoms with Crippen molar-refractivity contribution < 1.29 is 33.8 Å². The zero-order chi connectivity index (χ0) is 18.9. The molecule has 0 aliphatic heterocycles. The van der Waals surface area contributed by atoms with Gasteiger partial charge in [0.15, 0.2) is 11.4 Å². The van der Waals surface area contributed by atoms with Crippen molar-refractivity contribution >= 4 is 34.5 Å². The first-order valence-corrected chi connectivity index (χ1v) is 8.42. The minimum Gasteiger partial charge on any atom is -0.463 e. The number of rotatable bonds is 10. The number of esters is 1. The fourth-order valence-electron chi connectivity index (χ4n) is 1.67. The van der Waals surface area contributed by atoms with E-state index in [1.54, 1.807) is 27.7 Å². The number of methoxy groups -OCH3 is 1. The van der Waals surface area contributed by atoms with Crippen LogP contribution >= 0.6 is 11.8 Å². The Balaban J connectivity index is 4.88. The van der Waals surface area contributed by atoms with E-state index in [1.165, 1.54) is 0 Å². The summed E-state index contributed by atoms with van der Waals surface area (Å²) in [6.07, 6.45) is -1.92. The van der Waals surface area contributed by atoms with Crippen molar-refractivity contribution in [2.75, 3.05) is 13.7 Å². The molecule has 0 saturated heterocycles. The van der Waals surface area contributed by atoms with Gasteiger partial charge in [0.05, 0.1) is 19.6 Å². The summed E-state index contributed by atoms with van der Waals surface area (Å²) in [6, 6.07) is -0.845. The third kappa shape index (κ3) is 7.89. The minimum absolute atomic E-state index is 0.224. The van der Waals surface area contributed by atoms with E-state index in [0.717, 1.165) is 18.9 Å². The number of thioether (sulfide) groups is 1. The number of hydrogen-bond acceptors (Lipinski definition) is 8. The Bertz CT molecular complexity index is 467. The maximum atomic E-state index is 11.9. The molecule has 0 radical (unpaired) electrons. The molecule has 24 heavy (non-hydrogen) atoms. The van der Waals surface area contributed by atoms with Gasteiger partial charge in [-0.25, -0.2) is 4.79 Å². The highest BCUT2D eigenvalue weighted by Crippen LogP contribution is 2.20. The van der Waals surface area contributed by atoms with Gasteiger partial charge in [-0.1, -0.05) is 32.5 Å². The van der Waals surface area contributed by atoms with Crippen LogP contribution in [0.15, 0.2) is 0 Å². The molecule has 0 bridgehead atoms. The monoisotopic (exact) mass is 363 g/mol. The molecule has 0 spiro atoms. The molecule has 1 amide bonds. The molecule has 9 heteroatoms. The second-order valence-corrected chi connectivity index (χ2v) is 6.76. The normalized spacial score (nSPS) is 14.6. The number of carbonyl (C=O) groups excluding carboxylic acids is 4. The number of aliphatic hydroxyl groups is 1. The summed E-state index contributed by atoms with van der Waals surface area (Å²) in [5.41, 5.74) is 0. The van der Waals surface area contributed by atoms with Crippen LogP contribution in [0.4, 0.5) is 0 Å². The molecule has 0 aromatic rings. The van der Waals surface area contributed by atoms with Crippen LogP contribution in [-0.4, -0.2) is 59.2 Å². The molecule has 0 aromatic carbocycles. The van der Waals surface area contributed by atoms with Gasteiger partial charge in [0.1, 0.15) is 0 Å². The lowest BCUT2D eigenvalue weighted by Crippen LogP contribution is -2.51. The van der Waals surface area contributed by atoms with Crippen LogP contribution in [0.2, 0.25) is 0 Å². The molecule has 0 heterocycles. The van der Waals surface area contributed by atoms with Gasteiger partial charge in [-0.2, -0.15) is 0 Å². The molecule has 0 saturated carbocycles. The third-order valence-electron chi connectivity index (χ3n) is 3.02. The van der Waals surface area contributed by atoms with E-state index in [2.05, 4.69) is 10.1 Å². The quantitative estimate of drug-likeness (QED) is 0.246. The highest BCUT2D eigenvalue weighted by molar-refractivity contribution is 8.14. The summed E-state index contributed by atoms with van der Waals surface area (Å²) in [7, 11) is 1.05. The topological polar surface area (TPSA) is 119 Å². The summed E-state index contributed by atoms with van der Waals surface area (Å²) in [5, 5.41) is 11.5. The molecule has 2 N–H and O–H groups in total. The number of aliphatic hydroxyl groups excluding tert-OH is 1. The first-order chi connectivity index (χ1) is 11.1. The number of carbonyl (C=O) groups is 4. The number of hydrogen-bond donors (Lipinski definition) is 2. The van der Waals surface area contributed by atoms with E-state index in [4.69, 9.17) is 4.74 Å². The highest BCUT2D eigenvalue weighted by Gasteiger charge is 2.31. The molecule has 0 aliphatic carbocycles. The largest absolute Gasteiger partial charge is 0.463 e. The molecule has 0 rings (SSSR count). The predicted octanol–water partition coefficient (Wildman–Crippen LogP) is 0.263. The number of nitrogens with one attached hydrogen (secondary N) is 1. The zero-order valence-corrected chi connectivity index (χ0v) is 15.3. The van der Waals surface area contributed by atoms with Crippen LogP contribution in [0, 0.1) is 5.92 Å². The van der Waals surface area contributed by atoms with Crippen molar-refractivity contribution in [2.45, 2.75) is 51.7 Å². The average Bonchev–Trinajstić information content (AvgIpc) is 2.50. The van der Waals surface area contributed by atoms with Crippen molar-refractivity contribution in [2.24, 2.45) is 5.92 Å². The van der Waals surface area contributed by atoms with E-state index in [9.17, 15) is 24.3 Å². The van der Waals surface area contributed by atoms with Crippen LogP contribution in [0.1, 0.15) is 34.1 Å². The highest BCUT2D eigenvalue weighted by atomic mass is 32.2. The molecule has 8 nitrogen and oxygen atoms in total. The predicted molar refractivity (Wildman–Crippen MR) is 88.1 cm³/mol. The Kier molecular flexibility index (Phi) is 10.5.